The lowest BCUT2D eigenvalue weighted by atomic mass is 9.93. The van der Waals surface area contributed by atoms with Gasteiger partial charge in [-0.15, -0.1) is 6.58 Å². The third kappa shape index (κ3) is 12.0. The number of allylic oxidation sites excluding steroid dienone is 1. The summed E-state index contributed by atoms with van der Waals surface area (Å²) in [6.45, 7) is 13.2. The van der Waals surface area contributed by atoms with Crippen LogP contribution in [0.25, 0.3) is 0 Å². The molecule has 1 aromatic rings. The molecule has 0 spiro atoms. The molecule has 2 amide bonds. The maximum absolute atomic E-state index is 13.0. The summed E-state index contributed by atoms with van der Waals surface area (Å²) in [5.74, 6) is -0.858. The van der Waals surface area contributed by atoms with Gasteiger partial charge in [0.25, 0.3) is 0 Å². The molecule has 0 bridgehead atoms. The molecule has 0 saturated heterocycles. The number of amides is 2. The van der Waals surface area contributed by atoms with Crippen LogP contribution in [0.4, 0.5) is 0 Å². The highest BCUT2D eigenvalue weighted by molar-refractivity contribution is 7.92. The van der Waals surface area contributed by atoms with Crippen LogP contribution in [0, 0.1) is 5.92 Å². The second-order valence-electron chi connectivity index (χ2n) is 9.36. The summed E-state index contributed by atoms with van der Waals surface area (Å²) in [6, 6.07) is 6.42. The molecule has 9 heteroatoms. The fourth-order valence-corrected chi connectivity index (χ4v) is 5.04. The molecule has 0 heterocycles. The molecular weight excluding hydrogens is 492 g/mol. The minimum atomic E-state index is -3.68. The van der Waals surface area contributed by atoms with Gasteiger partial charge in [0.05, 0.1) is 17.9 Å². The van der Waals surface area contributed by atoms with Crippen molar-refractivity contribution in [3.05, 3.63) is 55.1 Å². The van der Waals surface area contributed by atoms with Gasteiger partial charge in [-0.2, -0.15) is 0 Å². The van der Waals surface area contributed by atoms with Gasteiger partial charge in [0.15, 0.2) is 9.84 Å². The number of aliphatic hydroxyl groups is 1. The first-order chi connectivity index (χ1) is 17.5. The molecule has 37 heavy (non-hydrogen) atoms. The monoisotopic (exact) mass is 536 g/mol. The van der Waals surface area contributed by atoms with E-state index < -0.39 is 39.1 Å². The number of hydrogen-bond acceptors (Lipinski definition) is 6. The van der Waals surface area contributed by atoms with Crippen LogP contribution in [0.5, 0.6) is 5.75 Å². The second-order valence-corrected chi connectivity index (χ2v) is 11.8. The molecule has 0 aliphatic rings. The van der Waals surface area contributed by atoms with E-state index in [1.807, 2.05) is 13.0 Å². The van der Waals surface area contributed by atoms with Gasteiger partial charge in [0.2, 0.25) is 11.8 Å². The van der Waals surface area contributed by atoms with Gasteiger partial charge in [0, 0.05) is 12.5 Å². The van der Waals surface area contributed by atoms with Crippen LogP contribution in [-0.2, 0) is 25.8 Å². The number of hydrogen-bond donors (Lipinski definition) is 3. The molecule has 8 nitrogen and oxygen atoms in total. The number of ether oxygens (including phenoxy) is 1. The average molecular weight is 537 g/mol. The van der Waals surface area contributed by atoms with Crippen molar-refractivity contribution in [1.29, 1.82) is 0 Å². The molecule has 0 aliphatic carbocycles. The predicted molar refractivity (Wildman–Crippen MR) is 148 cm³/mol. The van der Waals surface area contributed by atoms with Crippen LogP contribution >= 0.6 is 0 Å². The van der Waals surface area contributed by atoms with Gasteiger partial charge >= 0.3 is 0 Å². The lowest BCUT2D eigenvalue weighted by Gasteiger charge is -2.27. The van der Waals surface area contributed by atoms with E-state index in [1.54, 1.807) is 37.3 Å². The summed E-state index contributed by atoms with van der Waals surface area (Å²) in [6.07, 6.45) is 5.27. The molecule has 0 aromatic heterocycles. The fourth-order valence-electron chi connectivity index (χ4n) is 3.72. The van der Waals surface area contributed by atoms with E-state index in [4.69, 9.17) is 4.74 Å². The molecule has 0 radical (unpaired) electrons. The van der Waals surface area contributed by atoms with Gasteiger partial charge in [-0.25, -0.2) is 8.42 Å². The highest BCUT2D eigenvalue weighted by atomic mass is 32.2. The Bertz CT molecular complexity index is 979. The second kappa shape index (κ2) is 17.0. The van der Waals surface area contributed by atoms with Crippen LogP contribution in [0.1, 0.15) is 58.4 Å². The SMILES string of the molecule is C=CCCCS(=O)(=O)[C@@H](C)C(=O)N[C@@H](Cc1cccc(OCC=C)c1)[C@@H](O)C[C@@H](C)C(=O)NCCCC. The zero-order valence-corrected chi connectivity index (χ0v) is 23.3. The van der Waals surface area contributed by atoms with Crippen LogP contribution in [-0.4, -0.2) is 61.6 Å². The van der Waals surface area contributed by atoms with E-state index in [1.165, 1.54) is 6.92 Å². The molecule has 3 N–H and O–H groups in total. The van der Waals surface area contributed by atoms with Crippen molar-refractivity contribution < 1.29 is 27.9 Å². The third-order valence-corrected chi connectivity index (χ3v) is 8.28. The molecule has 0 unspecified atom stereocenters. The topological polar surface area (TPSA) is 122 Å². The molecule has 0 saturated carbocycles. The molecule has 1 aromatic carbocycles. The highest BCUT2D eigenvalue weighted by Crippen LogP contribution is 2.19. The summed E-state index contributed by atoms with van der Waals surface area (Å²) < 4.78 is 30.9. The van der Waals surface area contributed by atoms with Gasteiger partial charge in [0.1, 0.15) is 17.6 Å². The van der Waals surface area contributed by atoms with Crippen LogP contribution in [0.2, 0.25) is 0 Å². The van der Waals surface area contributed by atoms with Crippen molar-refractivity contribution >= 4 is 21.7 Å². The number of sulfone groups is 1. The third-order valence-electron chi connectivity index (χ3n) is 6.13. The van der Waals surface area contributed by atoms with Crippen molar-refractivity contribution in [3.63, 3.8) is 0 Å². The Kier molecular flexibility index (Phi) is 14.9. The number of rotatable bonds is 19. The number of nitrogens with one attached hydrogen (secondary N) is 2. The smallest absolute Gasteiger partial charge is 0.238 e. The van der Waals surface area contributed by atoms with Gasteiger partial charge in [-0.1, -0.05) is 51.1 Å². The molecule has 0 fully saturated rings. The van der Waals surface area contributed by atoms with Crippen molar-refractivity contribution in [2.24, 2.45) is 5.92 Å². The summed E-state index contributed by atoms with van der Waals surface area (Å²) in [4.78, 5) is 25.4. The Morgan fingerprint density at radius 1 is 1.14 bits per heavy atom. The van der Waals surface area contributed by atoms with Crippen molar-refractivity contribution in [2.75, 3.05) is 18.9 Å². The minimum Gasteiger partial charge on any atom is -0.490 e. The number of benzene rings is 1. The van der Waals surface area contributed by atoms with Crippen LogP contribution in [0.3, 0.4) is 0 Å². The van der Waals surface area contributed by atoms with Crippen LogP contribution < -0.4 is 15.4 Å². The molecule has 4 atom stereocenters. The van der Waals surface area contributed by atoms with Crippen molar-refractivity contribution in [1.82, 2.24) is 10.6 Å². The van der Waals surface area contributed by atoms with E-state index in [0.29, 0.717) is 31.7 Å². The van der Waals surface area contributed by atoms with Crippen molar-refractivity contribution in [2.45, 2.75) is 76.7 Å². The Morgan fingerprint density at radius 2 is 1.86 bits per heavy atom. The fraction of sp³-hybridized carbons (Fsp3) is 0.571. The van der Waals surface area contributed by atoms with E-state index in [0.717, 1.165) is 18.4 Å². The van der Waals surface area contributed by atoms with Gasteiger partial charge in [-0.05, 0) is 56.7 Å². The summed E-state index contributed by atoms with van der Waals surface area (Å²) in [5, 5.41) is 15.4. The quantitative estimate of drug-likeness (QED) is 0.184. The standard InChI is InChI=1S/C28H44N2O6S/c1-6-9-11-17-37(34,35)22(5)28(33)30-25(20-23-13-12-14-24(19-23)36-16-8-3)26(31)18-21(4)27(32)29-15-10-7-2/h6,8,12-14,19,21-22,25-26,31H,1,3,7,9-11,15-18,20H2,2,4-5H3,(H,29,32)(H,30,33)/t21-,22+,25+,26+/m1/s1. The Labute approximate surface area is 222 Å². The Morgan fingerprint density at radius 3 is 2.51 bits per heavy atom. The predicted octanol–water partition coefficient (Wildman–Crippen LogP) is 3.35. The lowest BCUT2D eigenvalue weighted by molar-refractivity contribution is -0.125. The van der Waals surface area contributed by atoms with Gasteiger partial charge < -0.3 is 20.5 Å². The average Bonchev–Trinajstić information content (AvgIpc) is 2.86. The molecule has 208 valence electrons. The zero-order chi connectivity index (χ0) is 27.8. The van der Waals surface area contributed by atoms with E-state index in [2.05, 4.69) is 23.8 Å². The number of aliphatic hydroxyl groups excluding tert-OH is 1. The first-order valence-corrected chi connectivity index (χ1v) is 14.7. The minimum absolute atomic E-state index is 0.107. The Hall–Kier alpha value is -2.65. The highest BCUT2D eigenvalue weighted by Gasteiger charge is 2.32. The summed E-state index contributed by atoms with van der Waals surface area (Å²) >= 11 is 0. The first-order valence-electron chi connectivity index (χ1n) is 13.0. The van der Waals surface area contributed by atoms with E-state index in [9.17, 15) is 23.1 Å². The van der Waals surface area contributed by atoms with E-state index in [-0.39, 0.29) is 24.5 Å². The Balaban J connectivity index is 3.05. The molecular formula is C28H44N2O6S. The zero-order valence-electron chi connectivity index (χ0n) is 22.4. The molecule has 1 rings (SSSR count). The van der Waals surface area contributed by atoms with E-state index >= 15 is 0 Å². The first kappa shape index (κ1) is 32.4. The number of carbonyl (C=O) groups is 2. The van der Waals surface area contributed by atoms with Crippen molar-refractivity contribution in [3.8, 4) is 5.75 Å². The maximum atomic E-state index is 13.0. The lowest BCUT2D eigenvalue weighted by Crippen LogP contribution is -2.50. The molecule has 0 aliphatic heterocycles. The van der Waals surface area contributed by atoms with Crippen LogP contribution in [0.15, 0.2) is 49.6 Å². The number of unbranched alkanes of at least 4 members (excludes halogenated alkanes) is 2. The summed E-state index contributed by atoms with van der Waals surface area (Å²) in [5.41, 5.74) is 0.785. The van der Waals surface area contributed by atoms with Gasteiger partial charge in [-0.3, -0.25) is 9.59 Å². The number of carbonyl (C=O) groups excluding carboxylic acids is 2. The largest absolute Gasteiger partial charge is 0.490 e. The maximum Gasteiger partial charge on any atom is 0.238 e. The summed E-state index contributed by atoms with van der Waals surface area (Å²) in [7, 11) is -3.68. The normalized spacial score (nSPS) is 14.6.